The number of aryl methyl sites for hydroxylation is 1. The Morgan fingerprint density at radius 3 is 2.32 bits per heavy atom. The summed E-state index contributed by atoms with van der Waals surface area (Å²) in [5.41, 5.74) is 2.76. The molecule has 2 atom stereocenters. The molecule has 0 saturated carbocycles. The summed E-state index contributed by atoms with van der Waals surface area (Å²) in [5.74, 6) is -0.202. The van der Waals surface area contributed by atoms with Crippen LogP contribution >= 0.6 is 0 Å². The molecule has 2 aromatic rings. The van der Waals surface area contributed by atoms with Gasteiger partial charge < -0.3 is 9.12 Å². The second-order valence-electron chi connectivity index (χ2n) is 9.11. The van der Waals surface area contributed by atoms with Gasteiger partial charge in [0.15, 0.2) is 0 Å². The highest BCUT2D eigenvalue weighted by molar-refractivity contribution is 7.90. The summed E-state index contributed by atoms with van der Waals surface area (Å²) < 4.78 is 31.7. The molecule has 0 aliphatic carbocycles. The van der Waals surface area contributed by atoms with Crippen LogP contribution in [-0.2, 0) is 17.9 Å². The van der Waals surface area contributed by atoms with Crippen LogP contribution in [0.4, 0.5) is 4.39 Å². The van der Waals surface area contributed by atoms with Gasteiger partial charge in [-0.2, -0.15) is 0 Å². The fourth-order valence-electron chi connectivity index (χ4n) is 2.83. The Bertz CT molecular complexity index is 756. The lowest BCUT2D eigenvalue weighted by atomic mass is 9.97. The molecule has 2 rings (SSSR count). The summed E-state index contributed by atoms with van der Waals surface area (Å²) in [4.78, 5) is 0. The zero-order chi connectivity index (χ0) is 19.2. The van der Waals surface area contributed by atoms with Gasteiger partial charge in [-0.15, -0.1) is 4.72 Å². The largest absolute Gasteiger partial charge is 0.598 e. The van der Waals surface area contributed by atoms with Gasteiger partial charge in [-0.05, 0) is 63.3 Å². The fourth-order valence-corrected chi connectivity index (χ4v) is 3.63. The van der Waals surface area contributed by atoms with Crippen LogP contribution in [0.3, 0.4) is 0 Å². The van der Waals surface area contributed by atoms with Crippen molar-refractivity contribution in [1.82, 2.24) is 9.29 Å². The molecule has 25 heavy (non-hydrogen) atoms. The van der Waals surface area contributed by atoms with Crippen LogP contribution in [0.2, 0.25) is 0 Å². The minimum atomic E-state index is -1.18. The van der Waals surface area contributed by atoms with Crippen LogP contribution < -0.4 is 4.72 Å². The third-order valence-electron chi connectivity index (χ3n) is 4.14. The molecule has 0 aliphatic rings. The predicted molar refractivity (Wildman–Crippen MR) is 106 cm³/mol. The monoisotopic (exact) mass is 366 g/mol. The van der Waals surface area contributed by atoms with Crippen LogP contribution in [0.15, 0.2) is 18.3 Å². The number of hydrogen-bond donors (Lipinski definition) is 1. The van der Waals surface area contributed by atoms with E-state index >= 15 is 0 Å². The van der Waals surface area contributed by atoms with Gasteiger partial charge in [0.1, 0.15) is 10.6 Å². The van der Waals surface area contributed by atoms with Gasteiger partial charge in [0.05, 0.1) is 6.04 Å². The summed E-state index contributed by atoms with van der Waals surface area (Å²) >= 11 is -1.18. The molecule has 0 radical (unpaired) electrons. The molecular weight excluding hydrogens is 335 g/mol. The third kappa shape index (κ3) is 4.78. The number of nitrogens with zero attached hydrogens (tertiary/aromatic N) is 1. The van der Waals surface area contributed by atoms with E-state index in [-0.39, 0.29) is 22.0 Å². The van der Waals surface area contributed by atoms with Crippen LogP contribution in [0.5, 0.6) is 0 Å². The lowest BCUT2D eigenvalue weighted by Crippen LogP contribution is -2.40. The quantitative estimate of drug-likeness (QED) is 0.751. The molecule has 0 bridgehead atoms. The molecule has 1 heterocycles. The van der Waals surface area contributed by atoms with Gasteiger partial charge in [-0.1, -0.05) is 20.8 Å². The van der Waals surface area contributed by atoms with E-state index in [0.717, 1.165) is 23.0 Å². The molecule has 0 fully saturated rings. The van der Waals surface area contributed by atoms with E-state index in [9.17, 15) is 8.94 Å². The van der Waals surface area contributed by atoms with Crippen LogP contribution in [-0.4, -0.2) is 13.9 Å². The smallest absolute Gasteiger partial charge is 0.136 e. The topological polar surface area (TPSA) is 40.0 Å². The summed E-state index contributed by atoms with van der Waals surface area (Å²) in [6, 6.07) is 3.39. The zero-order valence-corrected chi connectivity index (χ0v) is 17.5. The predicted octanol–water partition coefficient (Wildman–Crippen LogP) is 5.25. The van der Waals surface area contributed by atoms with Crippen LogP contribution in [0.1, 0.15) is 65.6 Å². The minimum absolute atomic E-state index is 0.108. The average molecular weight is 367 g/mol. The minimum Gasteiger partial charge on any atom is -0.598 e. The van der Waals surface area contributed by atoms with Gasteiger partial charge in [0, 0.05) is 35.0 Å². The van der Waals surface area contributed by atoms with Crippen molar-refractivity contribution in [3.05, 3.63) is 35.3 Å². The maximum Gasteiger partial charge on any atom is 0.136 e. The second kappa shape index (κ2) is 6.93. The van der Waals surface area contributed by atoms with Crippen LogP contribution in [0, 0.1) is 18.2 Å². The van der Waals surface area contributed by atoms with Crippen LogP contribution in [0.25, 0.3) is 10.9 Å². The van der Waals surface area contributed by atoms with E-state index in [4.69, 9.17) is 0 Å². The third-order valence-corrected chi connectivity index (χ3v) is 5.82. The normalized spacial score (nSPS) is 15.6. The number of nitrogens with one attached hydrogen (secondary N) is 1. The summed E-state index contributed by atoms with van der Waals surface area (Å²) in [7, 11) is 0. The Balaban J connectivity index is 2.50. The standard InChI is InChI=1S/C20H31FN2OS/c1-13-9-18-15(10-17(13)21)16(11-23(18)12-19(3,4)5)14(2)22-25(24)20(6,7)8/h9-11,14,22H,12H2,1-8H3/t14-,25+/m1/s1. The molecule has 140 valence electrons. The van der Waals surface area contributed by atoms with E-state index in [1.54, 1.807) is 13.0 Å². The molecule has 5 heteroatoms. The van der Waals surface area contributed by atoms with Crippen molar-refractivity contribution in [2.24, 2.45) is 5.41 Å². The summed E-state index contributed by atoms with van der Waals surface area (Å²) in [6.45, 7) is 17.0. The Labute approximate surface area is 154 Å². The number of aromatic nitrogens is 1. The van der Waals surface area contributed by atoms with Crippen molar-refractivity contribution >= 4 is 22.3 Å². The van der Waals surface area contributed by atoms with Gasteiger partial charge in [0.25, 0.3) is 0 Å². The van der Waals surface area contributed by atoms with Gasteiger partial charge >= 0.3 is 0 Å². The number of rotatable bonds is 4. The first-order valence-corrected chi connectivity index (χ1v) is 9.91. The van der Waals surface area contributed by atoms with E-state index in [1.807, 2.05) is 33.8 Å². The van der Waals surface area contributed by atoms with Crippen molar-refractivity contribution in [2.45, 2.75) is 72.7 Å². The van der Waals surface area contributed by atoms with E-state index in [2.05, 4.69) is 36.3 Å². The lowest BCUT2D eigenvalue weighted by molar-refractivity contribution is 0.349. The molecule has 3 nitrogen and oxygen atoms in total. The number of fused-ring (bicyclic) bond motifs is 1. The van der Waals surface area contributed by atoms with Gasteiger partial charge in [-0.3, -0.25) is 0 Å². The molecule has 0 aliphatic heterocycles. The first-order chi connectivity index (χ1) is 11.3. The molecular formula is C20H31FN2OS. The summed E-state index contributed by atoms with van der Waals surface area (Å²) in [5, 5.41) is 0.887. The van der Waals surface area contributed by atoms with Crippen molar-refractivity contribution in [3.63, 3.8) is 0 Å². The number of hydrogen-bond acceptors (Lipinski definition) is 2. The molecule has 0 saturated heterocycles. The van der Waals surface area contributed by atoms with E-state index in [0.29, 0.717) is 5.56 Å². The Hall–Kier alpha value is -1.04. The number of halogens is 1. The summed E-state index contributed by atoms with van der Waals surface area (Å²) in [6.07, 6.45) is 2.08. The van der Waals surface area contributed by atoms with Crippen molar-refractivity contribution in [1.29, 1.82) is 0 Å². The zero-order valence-electron chi connectivity index (χ0n) is 16.7. The number of benzene rings is 1. The van der Waals surface area contributed by atoms with Crippen molar-refractivity contribution in [2.75, 3.05) is 0 Å². The van der Waals surface area contributed by atoms with Crippen molar-refractivity contribution < 1.29 is 8.94 Å². The van der Waals surface area contributed by atoms with Crippen molar-refractivity contribution in [3.8, 4) is 0 Å². The maximum absolute atomic E-state index is 14.2. The highest BCUT2D eigenvalue weighted by atomic mass is 32.2. The Morgan fingerprint density at radius 2 is 1.80 bits per heavy atom. The molecule has 1 aromatic carbocycles. The maximum atomic E-state index is 14.2. The Morgan fingerprint density at radius 1 is 1.20 bits per heavy atom. The average Bonchev–Trinajstić information content (AvgIpc) is 2.74. The SMILES string of the molecule is Cc1cc2c(cc1F)c([C@@H](C)N[S@@+]([O-])C(C)(C)C)cn2CC(C)(C)C. The highest BCUT2D eigenvalue weighted by Crippen LogP contribution is 2.32. The molecule has 0 amide bonds. The molecule has 1 aromatic heterocycles. The first kappa shape index (κ1) is 20.3. The fraction of sp³-hybridized carbons (Fsp3) is 0.600. The highest BCUT2D eigenvalue weighted by Gasteiger charge is 2.29. The molecule has 1 N–H and O–H groups in total. The Kier molecular flexibility index (Phi) is 5.62. The second-order valence-corrected chi connectivity index (χ2v) is 11.1. The molecule has 0 spiro atoms. The first-order valence-electron chi connectivity index (χ1n) is 8.76. The molecule has 0 unspecified atom stereocenters. The van der Waals surface area contributed by atoms with Gasteiger partial charge in [-0.25, -0.2) is 4.39 Å². The van der Waals surface area contributed by atoms with Gasteiger partial charge in [0.2, 0.25) is 0 Å². The lowest BCUT2D eigenvalue weighted by Gasteiger charge is -2.26. The van der Waals surface area contributed by atoms with E-state index in [1.165, 1.54) is 0 Å². The van der Waals surface area contributed by atoms with E-state index < -0.39 is 11.4 Å².